The molecule has 1 fully saturated rings. The van der Waals surface area contributed by atoms with Crippen molar-refractivity contribution in [3.8, 4) is 17.2 Å². The van der Waals surface area contributed by atoms with Gasteiger partial charge in [-0.3, -0.25) is 4.90 Å². The van der Waals surface area contributed by atoms with Gasteiger partial charge in [0.15, 0.2) is 0 Å². The van der Waals surface area contributed by atoms with Crippen LogP contribution in [0.3, 0.4) is 0 Å². The van der Waals surface area contributed by atoms with Crippen LogP contribution in [-0.4, -0.2) is 33.7 Å². The van der Waals surface area contributed by atoms with E-state index in [4.69, 9.17) is 26.1 Å². The second-order valence-electron chi connectivity index (χ2n) is 7.68. The summed E-state index contributed by atoms with van der Waals surface area (Å²) in [5.41, 5.74) is 5.81. The maximum Gasteiger partial charge on any atom is 0.131 e. The molecule has 6 nitrogen and oxygen atoms in total. The number of rotatable bonds is 5. The minimum Gasteiger partial charge on any atom is -0.497 e. The number of fused-ring (bicyclic) bond motifs is 3. The van der Waals surface area contributed by atoms with Crippen LogP contribution in [0.25, 0.3) is 5.69 Å². The average molecular weight is 411 g/mol. The van der Waals surface area contributed by atoms with E-state index in [1.807, 2.05) is 30.7 Å². The van der Waals surface area contributed by atoms with Crippen molar-refractivity contribution in [3.05, 3.63) is 64.5 Å². The summed E-state index contributed by atoms with van der Waals surface area (Å²) in [4.78, 5) is 11.5. The molecular formula is C22H23ClN4O2. The van der Waals surface area contributed by atoms with Gasteiger partial charge in [0.25, 0.3) is 0 Å². The summed E-state index contributed by atoms with van der Waals surface area (Å²) in [5.74, 6) is 2.21. The molecule has 0 N–H and O–H groups in total. The van der Waals surface area contributed by atoms with E-state index >= 15 is 0 Å². The zero-order valence-electron chi connectivity index (χ0n) is 16.6. The topological polar surface area (TPSA) is 52.4 Å². The highest BCUT2D eigenvalue weighted by Crippen LogP contribution is 2.42. The first kappa shape index (κ1) is 18.5. The Kier molecular flexibility index (Phi) is 4.68. The quantitative estimate of drug-likeness (QED) is 0.586. The Morgan fingerprint density at radius 3 is 2.72 bits per heavy atom. The molecule has 1 aliphatic carbocycles. The second kappa shape index (κ2) is 7.35. The van der Waals surface area contributed by atoms with Crippen LogP contribution in [0.5, 0.6) is 11.5 Å². The molecular weight excluding hydrogens is 388 g/mol. The molecule has 0 radical (unpaired) electrons. The van der Waals surface area contributed by atoms with E-state index in [0.717, 1.165) is 47.9 Å². The zero-order chi connectivity index (χ0) is 20.0. The number of aromatic nitrogens is 3. The van der Waals surface area contributed by atoms with Gasteiger partial charge in [-0.1, -0.05) is 17.7 Å². The van der Waals surface area contributed by atoms with Crippen LogP contribution in [-0.2, 0) is 19.6 Å². The lowest BCUT2D eigenvalue weighted by Crippen LogP contribution is -2.22. The summed E-state index contributed by atoms with van der Waals surface area (Å²) in [5, 5.41) is 0.502. The number of pyridine rings is 1. The Bertz CT molecular complexity index is 1060. The van der Waals surface area contributed by atoms with E-state index in [9.17, 15) is 0 Å². The zero-order valence-corrected chi connectivity index (χ0v) is 17.3. The van der Waals surface area contributed by atoms with Crippen molar-refractivity contribution in [2.45, 2.75) is 38.4 Å². The van der Waals surface area contributed by atoms with Crippen LogP contribution in [0, 0.1) is 0 Å². The van der Waals surface area contributed by atoms with Crippen molar-refractivity contribution in [2.75, 3.05) is 14.2 Å². The van der Waals surface area contributed by atoms with E-state index in [1.165, 1.54) is 24.2 Å². The molecule has 0 amide bonds. The van der Waals surface area contributed by atoms with Gasteiger partial charge in [-0.2, -0.15) is 0 Å². The van der Waals surface area contributed by atoms with Gasteiger partial charge in [0, 0.05) is 48.9 Å². The molecule has 0 atom stereocenters. The highest BCUT2D eigenvalue weighted by Gasteiger charge is 2.32. The molecule has 3 heterocycles. The number of imidazole rings is 1. The summed E-state index contributed by atoms with van der Waals surface area (Å²) in [6.07, 6.45) is 6.26. The maximum absolute atomic E-state index is 6.23. The molecule has 1 aliphatic heterocycles. The van der Waals surface area contributed by atoms with Crippen molar-refractivity contribution >= 4 is 11.6 Å². The summed E-state index contributed by atoms with van der Waals surface area (Å²) < 4.78 is 13.2. The molecule has 2 aliphatic rings. The Hall–Kier alpha value is -2.57. The summed E-state index contributed by atoms with van der Waals surface area (Å²) >= 11 is 6.23. The molecule has 7 heteroatoms. The number of ether oxygens (including phenoxy) is 2. The van der Waals surface area contributed by atoms with Crippen molar-refractivity contribution in [3.63, 3.8) is 0 Å². The van der Waals surface area contributed by atoms with Gasteiger partial charge in [-0.05, 0) is 25.0 Å². The molecule has 0 unspecified atom stereocenters. The fourth-order valence-corrected chi connectivity index (χ4v) is 4.24. The normalized spacial score (nSPS) is 16.1. The van der Waals surface area contributed by atoms with Gasteiger partial charge in [0.1, 0.15) is 16.7 Å². The van der Waals surface area contributed by atoms with E-state index in [-0.39, 0.29) is 0 Å². The molecule has 0 bridgehead atoms. The molecule has 1 aromatic carbocycles. The molecule has 1 saturated carbocycles. The average Bonchev–Trinajstić information content (AvgIpc) is 3.52. The van der Waals surface area contributed by atoms with Gasteiger partial charge in [0.05, 0.1) is 37.6 Å². The van der Waals surface area contributed by atoms with Crippen LogP contribution >= 0.6 is 11.6 Å². The van der Waals surface area contributed by atoms with Crippen LogP contribution in [0.4, 0.5) is 0 Å². The first-order chi connectivity index (χ1) is 14.2. The Labute approximate surface area is 175 Å². The lowest BCUT2D eigenvalue weighted by Gasteiger charge is -2.22. The van der Waals surface area contributed by atoms with Gasteiger partial charge >= 0.3 is 0 Å². The van der Waals surface area contributed by atoms with Crippen LogP contribution < -0.4 is 9.47 Å². The molecule has 0 saturated heterocycles. The molecule has 2 aromatic heterocycles. The number of hydrogen-bond donors (Lipinski definition) is 0. The Morgan fingerprint density at radius 2 is 1.97 bits per heavy atom. The van der Waals surface area contributed by atoms with Crippen LogP contribution in [0.1, 0.15) is 41.3 Å². The van der Waals surface area contributed by atoms with Crippen molar-refractivity contribution in [1.29, 1.82) is 0 Å². The third kappa shape index (κ3) is 3.47. The highest BCUT2D eigenvalue weighted by molar-refractivity contribution is 6.29. The Balaban J connectivity index is 1.54. The maximum atomic E-state index is 6.23. The van der Waals surface area contributed by atoms with E-state index in [2.05, 4.69) is 20.5 Å². The minimum atomic E-state index is 0.502. The molecule has 3 aromatic rings. The fraction of sp³-hybridized carbons (Fsp3) is 0.364. The highest BCUT2D eigenvalue weighted by atomic mass is 35.5. The molecule has 29 heavy (non-hydrogen) atoms. The fourth-order valence-electron chi connectivity index (χ4n) is 4.09. The third-order valence-electron chi connectivity index (χ3n) is 5.71. The lowest BCUT2D eigenvalue weighted by atomic mass is 10.1. The first-order valence-corrected chi connectivity index (χ1v) is 10.2. The predicted octanol–water partition coefficient (Wildman–Crippen LogP) is 4.33. The number of benzene rings is 1. The largest absolute Gasteiger partial charge is 0.497 e. The minimum absolute atomic E-state index is 0.502. The number of hydrogen-bond acceptors (Lipinski definition) is 5. The summed E-state index contributed by atoms with van der Waals surface area (Å²) in [6.45, 7) is 2.35. The molecule has 0 spiro atoms. The van der Waals surface area contributed by atoms with Gasteiger partial charge < -0.3 is 14.0 Å². The first-order valence-electron chi connectivity index (χ1n) is 9.80. The predicted molar refractivity (Wildman–Crippen MR) is 111 cm³/mol. The number of methoxy groups -OCH3 is 2. The SMILES string of the molecule is COc1ccc(CN2Cc3cnc(Cl)cc3-n3cnc(C4CC4)c3C2)c(OC)c1. The third-order valence-corrected chi connectivity index (χ3v) is 5.91. The van der Waals surface area contributed by atoms with Gasteiger partial charge in [-0.25, -0.2) is 9.97 Å². The lowest BCUT2D eigenvalue weighted by molar-refractivity contribution is 0.243. The van der Waals surface area contributed by atoms with Crippen molar-refractivity contribution in [2.24, 2.45) is 0 Å². The van der Waals surface area contributed by atoms with E-state index < -0.39 is 0 Å². The van der Waals surface area contributed by atoms with Crippen molar-refractivity contribution in [1.82, 2.24) is 19.4 Å². The van der Waals surface area contributed by atoms with E-state index in [0.29, 0.717) is 11.1 Å². The molecule has 5 rings (SSSR count). The molecule has 150 valence electrons. The monoisotopic (exact) mass is 410 g/mol. The second-order valence-corrected chi connectivity index (χ2v) is 8.07. The van der Waals surface area contributed by atoms with E-state index in [1.54, 1.807) is 14.2 Å². The number of nitrogens with zero attached hydrogens (tertiary/aromatic N) is 4. The van der Waals surface area contributed by atoms with Gasteiger partial charge in [-0.15, -0.1) is 0 Å². The smallest absolute Gasteiger partial charge is 0.131 e. The Morgan fingerprint density at radius 1 is 1.10 bits per heavy atom. The summed E-state index contributed by atoms with van der Waals surface area (Å²) in [6, 6.07) is 7.92. The summed E-state index contributed by atoms with van der Waals surface area (Å²) in [7, 11) is 3.36. The van der Waals surface area contributed by atoms with Crippen molar-refractivity contribution < 1.29 is 9.47 Å². The number of halogens is 1. The van der Waals surface area contributed by atoms with Crippen LogP contribution in [0.2, 0.25) is 5.15 Å². The van der Waals surface area contributed by atoms with Crippen LogP contribution in [0.15, 0.2) is 36.8 Å². The standard InChI is InChI=1S/C22H23ClN4O2/c1-28-17-6-5-15(20(7-17)29-2)10-26-11-16-9-24-21(23)8-18(16)27-13-25-22(14-3-4-14)19(27)12-26/h5-9,13-14H,3-4,10-12H2,1-2H3. The van der Waals surface area contributed by atoms with Gasteiger partial charge in [0.2, 0.25) is 0 Å².